The van der Waals surface area contributed by atoms with Gasteiger partial charge < -0.3 is 0 Å². The van der Waals surface area contributed by atoms with Crippen LogP contribution in [0.1, 0.15) is 53.9 Å². The van der Waals surface area contributed by atoms with Crippen LogP contribution in [0.3, 0.4) is 0 Å². The van der Waals surface area contributed by atoms with Crippen LogP contribution >= 0.6 is 0 Å². The van der Waals surface area contributed by atoms with Gasteiger partial charge >= 0.3 is 36.6 Å². The lowest BCUT2D eigenvalue weighted by Crippen LogP contribution is -2.48. The van der Waals surface area contributed by atoms with Crippen molar-refractivity contribution in [2.24, 2.45) is 5.92 Å². The molecule has 0 saturated carbocycles. The number of ether oxygens (including phenoxy) is 2. The molecule has 0 aliphatic rings. The largest absolute Gasteiger partial charge is 0.421 e. The fourth-order valence-corrected chi connectivity index (χ4v) is 1.29. The summed E-state index contributed by atoms with van der Waals surface area (Å²) in [4.78, 5) is 0. The third kappa shape index (κ3) is 24.2. The van der Waals surface area contributed by atoms with E-state index in [1.165, 1.54) is 12.8 Å². The van der Waals surface area contributed by atoms with E-state index >= 15 is 0 Å². The van der Waals surface area contributed by atoms with Crippen molar-refractivity contribution in [2.45, 2.75) is 96.7 Å². The Morgan fingerprint density at radius 2 is 0.974 bits per heavy atom. The number of alkyl halides is 18. The first-order valence-electron chi connectivity index (χ1n) is 10.3. The maximum atomic E-state index is 12.9. The average molecular weight is 632 g/mol. The molecule has 0 spiro atoms. The Bertz CT molecular complexity index is 556. The van der Waals surface area contributed by atoms with Gasteiger partial charge in [-0.15, -0.1) is 0 Å². The molecular formula is C19H30F18O2. The topological polar surface area (TPSA) is 18.5 Å². The lowest BCUT2D eigenvalue weighted by atomic mass is 10.00. The summed E-state index contributed by atoms with van der Waals surface area (Å²) in [6, 6.07) is 0. The Kier molecular flexibility index (Phi) is 25.0. The Labute approximate surface area is 213 Å². The van der Waals surface area contributed by atoms with Crippen LogP contribution in [0.15, 0.2) is 0 Å². The molecule has 244 valence electrons. The summed E-state index contributed by atoms with van der Waals surface area (Å²) in [6.45, 7) is 3.56. The van der Waals surface area contributed by atoms with Crippen LogP contribution in [0.2, 0.25) is 0 Å². The first kappa shape index (κ1) is 47.4. The van der Waals surface area contributed by atoms with Gasteiger partial charge in [0.05, 0.1) is 7.18 Å². The second-order valence-electron chi connectivity index (χ2n) is 6.85. The van der Waals surface area contributed by atoms with Gasteiger partial charge in [0.1, 0.15) is 5.92 Å². The minimum absolute atomic E-state index is 0.0529. The molecule has 0 amide bonds. The number of hydrogen-bond acceptors (Lipinski definition) is 2. The van der Waals surface area contributed by atoms with E-state index in [0.717, 1.165) is 0 Å². The molecule has 20 heteroatoms. The lowest BCUT2D eigenvalue weighted by molar-refractivity contribution is -0.421. The molecule has 2 atom stereocenters. The Morgan fingerprint density at radius 3 is 1.15 bits per heavy atom. The molecule has 0 fully saturated rings. The highest BCUT2D eigenvalue weighted by Gasteiger charge is 2.62. The second-order valence-corrected chi connectivity index (χ2v) is 6.85. The lowest BCUT2D eigenvalue weighted by Gasteiger charge is -2.31. The molecule has 0 aromatic rings. The zero-order chi connectivity index (χ0) is 33.1. The van der Waals surface area contributed by atoms with Crippen molar-refractivity contribution in [1.29, 1.82) is 0 Å². The van der Waals surface area contributed by atoms with E-state index in [9.17, 15) is 79.0 Å². The molecule has 0 heterocycles. The molecule has 0 radical (unpaired) electrons. The van der Waals surface area contributed by atoms with Crippen LogP contribution in [0.25, 0.3) is 0 Å². The first-order chi connectivity index (χ1) is 17.2. The van der Waals surface area contributed by atoms with Gasteiger partial charge in [-0.3, -0.25) is 13.9 Å². The van der Waals surface area contributed by atoms with E-state index < -0.39 is 68.6 Å². The molecular weight excluding hydrogens is 602 g/mol. The minimum atomic E-state index is -6.20. The maximum Gasteiger partial charge on any atom is 0.421 e. The molecule has 0 saturated heterocycles. The van der Waals surface area contributed by atoms with Gasteiger partial charge in [0.2, 0.25) is 0 Å². The fourth-order valence-electron chi connectivity index (χ4n) is 1.29. The van der Waals surface area contributed by atoms with Gasteiger partial charge in [-0.25, -0.2) is 13.2 Å². The van der Waals surface area contributed by atoms with Gasteiger partial charge in [-0.05, 0) is 0 Å². The van der Waals surface area contributed by atoms with E-state index in [1.54, 1.807) is 0 Å². The van der Waals surface area contributed by atoms with E-state index in [0.29, 0.717) is 7.18 Å². The summed E-state index contributed by atoms with van der Waals surface area (Å²) in [5, 5.41) is 0. The van der Waals surface area contributed by atoms with Crippen molar-refractivity contribution in [3.8, 4) is 0 Å². The molecule has 0 aliphatic carbocycles. The number of hydrogen-bond donors (Lipinski definition) is 0. The highest BCUT2D eigenvalue weighted by atomic mass is 19.4. The predicted octanol–water partition coefficient (Wildman–Crippen LogP) is 10.2. The van der Waals surface area contributed by atoms with Gasteiger partial charge in [-0.2, -0.15) is 61.5 Å². The highest BCUT2D eigenvalue weighted by Crippen LogP contribution is 2.46. The molecule has 39 heavy (non-hydrogen) atoms. The highest BCUT2D eigenvalue weighted by molar-refractivity contribution is 4.82. The predicted molar refractivity (Wildman–Crippen MR) is 104 cm³/mol. The Hall–Kier alpha value is -1.34. The van der Waals surface area contributed by atoms with Crippen molar-refractivity contribution >= 4 is 0 Å². The van der Waals surface area contributed by atoms with E-state index in [1.807, 2.05) is 0 Å². The van der Waals surface area contributed by atoms with Crippen LogP contribution in [0, 0.1) is 5.92 Å². The van der Waals surface area contributed by atoms with Crippen LogP contribution in [0.4, 0.5) is 79.0 Å². The standard InChI is InChI=1S/C8H6F12O.C4H5F5O.2C3H8.CH3F/c9-2-5(11,12)21-8(19,20)3(6(13,14)15)1-4(10)7(16,17)18;1-3(6,7)4(8,9)10-2-5;2*1-3-2;1-2/h3-4H,1-2H2;2H2,1H3;2*3H2,1-2H3;1H3. The van der Waals surface area contributed by atoms with Gasteiger partial charge in [-0.1, -0.05) is 40.5 Å². The van der Waals surface area contributed by atoms with Crippen LogP contribution in [-0.4, -0.2) is 63.5 Å². The smallest absolute Gasteiger partial charge is 0.284 e. The summed E-state index contributed by atoms with van der Waals surface area (Å²) >= 11 is 0. The van der Waals surface area contributed by atoms with Crippen molar-refractivity contribution in [2.75, 3.05) is 20.7 Å². The fraction of sp³-hybridized carbons (Fsp3) is 1.00. The summed E-state index contributed by atoms with van der Waals surface area (Å²) in [6.07, 6.45) is -33.0. The third-order valence-corrected chi connectivity index (χ3v) is 2.79. The molecule has 0 N–H and O–H groups in total. The molecule has 2 unspecified atom stereocenters. The normalized spacial score (nSPS) is 14.2. The monoisotopic (exact) mass is 632 g/mol. The summed E-state index contributed by atoms with van der Waals surface area (Å²) in [7, 11) is 0.500. The van der Waals surface area contributed by atoms with E-state index in [-0.39, 0.29) is 6.92 Å². The van der Waals surface area contributed by atoms with Crippen LogP contribution in [-0.2, 0) is 9.47 Å². The third-order valence-electron chi connectivity index (χ3n) is 2.79. The zero-order valence-corrected chi connectivity index (χ0v) is 21.3. The molecule has 0 bridgehead atoms. The van der Waals surface area contributed by atoms with Crippen LogP contribution < -0.4 is 0 Å². The van der Waals surface area contributed by atoms with Crippen molar-refractivity contribution in [3.05, 3.63) is 0 Å². The number of halogens is 18. The summed E-state index contributed by atoms with van der Waals surface area (Å²) in [5.74, 6) is -8.89. The molecule has 0 rings (SSSR count). The zero-order valence-electron chi connectivity index (χ0n) is 21.3. The Balaban J connectivity index is -0.000000177. The number of rotatable bonds is 9. The summed E-state index contributed by atoms with van der Waals surface area (Å²) < 4.78 is 218. The van der Waals surface area contributed by atoms with Crippen molar-refractivity contribution < 1.29 is 88.5 Å². The van der Waals surface area contributed by atoms with Crippen molar-refractivity contribution in [3.63, 3.8) is 0 Å². The Morgan fingerprint density at radius 1 is 0.641 bits per heavy atom. The van der Waals surface area contributed by atoms with E-state index in [2.05, 4.69) is 37.2 Å². The SMILES string of the molecule is CC(F)(F)C(F)(F)OCF.CCC.CCC.CF.FCC(F)(F)OC(F)(F)C(CC(F)C(F)(F)F)C(F)(F)F. The molecule has 0 aromatic heterocycles. The van der Waals surface area contributed by atoms with Gasteiger partial charge in [0, 0.05) is 13.3 Å². The maximum absolute atomic E-state index is 12.9. The first-order valence-corrected chi connectivity index (χ1v) is 10.3. The minimum Gasteiger partial charge on any atom is -0.284 e. The van der Waals surface area contributed by atoms with Gasteiger partial charge in [0.15, 0.2) is 19.7 Å². The molecule has 0 aliphatic heterocycles. The van der Waals surface area contributed by atoms with E-state index in [4.69, 9.17) is 0 Å². The molecule has 2 nitrogen and oxygen atoms in total. The molecule has 0 aromatic carbocycles. The van der Waals surface area contributed by atoms with Crippen LogP contribution in [0.5, 0.6) is 0 Å². The average Bonchev–Trinajstić information content (AvgIpc) is 2.71. The van der Waals surface area contributed by atoms with Crippen molar-refractivity contribution in [1.82, 2.24) is 0 Å². The quantitative estimate of drug-likeness (QED) is 0.236. The van der Waals surface area contributed by atoms with Gasteiger partial charge in [0.25, 0.3) is 0 Å². The summed E-state index contributed by atoms with van der Waals surface area (Å²) in [5.41, 5.74) is 0. The second kappa shape index (κ2) is 20.5.